The Hall–Kier alpha value is -9.18. The number of halogens is 17. The first kappa shape index (κ1) is 123. The van der Waals surface area contributed by atoms with Crippen LogP contribution in [-0.2, 0) is 62.5 Å². The zero-order valence-corrected chi connectivity index (χ0v) is 87.3. The topological polar surface area (TPSA) is 473 Å². The van der Waals surface area contributed by atoms with Crippen LogP contribution in [0, 0.1) is 22.7 Å². The summed E-state index contributed by atoms with van der Waals surface area (Å²) in [6, 6.07) is 7.89. The second-order valence-electron chi connectivity index (χ2n) is 40.2. The summed E-state index contributed by atoms with van der Waals surface area (Å²) in [5, 5.41) is 16.0. The average Bonchev–Trinajstić information content (AvgIpc) is 1.57. The summed E-state index contributed by atoms with van der Waals surface area (Å²) < 4.78 is 241. The molecule has 4 aromatic rings. The van der Waals surface area contributed by atoms with Crippen LogP contribution in [0.5, 0.6) is 23.3 Å². The molecular formula is C87H121Cl5F12N14O22S2. The number of hydrogen-bond donors (Lipinski definition) is 10. The van der Waals surface area contributed by atoms with Crippen LogP contribution in [0.4, 0.5) is 76.7 Å². The molecule has 4 saturated carbocycles. The summed E-state index contributed by atoms with van der Waals surface area (Å²) in [6.45, 7) is 28.6. The number of rotatable bonds is 28. The third kappa shape index (κ3) is 34.8. The molecule has 4 heterocycles. The number of benzene rings is 2. The highest BCUT2D eigenvalue weighted by molar-refractivity contribution is 7.85. The van der Waals surface area contributed by atoms with Gasteiger partial charge in [0.2, 0.25) is 35.4 Å². The molecule has 10 rings (SSSR count). The number of carbonyl (C=O) groups is 11. The van der Waals surface area contributed by atoms with Crippen molar-refractivity contribution in [2.45, 2.75) is 321 Å². The second kappa shape index (κ2) is 46.3. The molecule has 6 fully saturated rings. The standard InChI is InChI=1S/C36H49F3N6O9S.C36H51N5O10S.2C5H7ClF3NO.C4H7ClF3N.CCl2O/c1-9-21-18-35(21,30(48)44-55(50,51)54-34(7)13-14-34)42-27(46)25-17-23(53-28-24-11-10-22(52-8)16-20(24)12-15-40-28)19-45(25)29(47)26(32(2,3)4)41-31(49)43-33(5,6)36(37,38)39;1-10-22-19-36(22,31(44)40-52(46,47)51-35(8)14-15-35)39-28(42)26-18-24(49-29-25-12-11-23(48-9)17-21(25)13-16-37-29)20-41(26)30(43)27(33(2,3)4)38-32(45)50-34(5,6)7;2*1-4(2,5(7,8)9)10-3(6)11;1-3(2,9-5)4(6,7)8;2-1(3)4/h10-12,15-16,21,23,25-26H,9,13-14,17-19H2,1-8H3,(H,42,46)(H,44,48)(H2,41,43,49);11-13,16-17,22,24,26-27H,10,14-15,18-20H2,1-9H3,(H,38,45)(H,39,42)(H,40,44);2*1-2H3,(H,10,11);9H,1-2H3;/t21-,23-,25+,26-,35-;22-,24-,26+,27-,36-;;;;/m11..../s1. The number of urea groups is 1. The molecule has 142 heavy (non-hydrogen) atoms. The van der Waals surface area contributed by atoms with Crippen molar-refractivity contribution >= 4 is 163 Å². The molecule has 0 spiro atoms. The number of ether oxygens (including phenoxy) is 5. The molecule has 0 bridgehead atoms. The van der Waals surface area contributed by atoms with Crippen LogP contribution in [0.1, 0.15) is 210 Å². The van der Waals surface area contributed by atoms with E-state index in [1.807, 2.05) is 33.8 Å². The quantitative estimate of drug-likeness (QED) is 0.0109. The van der Waals surface area contributed by atoms with E-state index in [1.54, 1.807) is 148 Å². The molecule has 10 atom stereocenters. The molecule has 4 aliphatic carbocycles. The van der Waals surface area contributed by atoms with Crippen LogP contribution < -0.4 is 70.4 Å². The van der Waals surface area contributed by atoms with E-state index in [4.69, 9.17) is 71.8 Å². The van der Waals surface area contributed by atoms with Crippen molar-refractivity contribution < 1.29 is 154 Å². The molecule has 802 valence electrons. The van der Waals surface area contributed by atoms with Gasteiger partial charge in [0.1, 0.15) is 86.7 Å². The summed E-state index contributed by atoms with van der Waals surface area (Å²) in [5.74, 6) is -3.81. The van der Waals surface area contributed by atoms with Gasteiger partial charge in [0.15, 0.2) is 0 Å². The lowest BCUT2D eigenvalue weighted by Crippen LogP contribution is -2.63. The molecule has 6 aliphatic rings. The molecule has 0 radical (unpaired) electrons. The number of alkyl halides is 12. The number of nitrogens with zero attached hydrogens (tertiary/aromatic N) is 4. The smallest absolute Gasteiger partial charge is 0.411 e. The Balaban J connectivity index is 0.000000374. The van der Waals surface area contributed by atoms with Gasteiger partial charge in [0.05, 0.1) is 38.5 Å². The number of carbonyl (C=O) groups excluding carboxylic acids is 11. The van der Waals surface area contributed by atoms with E-state index in [0.29, 0.717) is 60.8 Å². The highest BCUT2D eigenvalue weighted by Crippen LogP contribution is 2.50. The van der Waals surface area contributed by atoms with Crippen molar-refractivity contribution in [3.05, 3.63) is 60.9 Å². The monoisotopic (exact) mass is 2180 g/mol. The number of amides is 11. The van der Waals surface area contributed by atoms with Crippen molar-refractivity contribution in [3.8, 4) is 23.3 Å². The zero-order valence-electron chi connectivity index (χ0n) is 81.9. The van der Waals surface area contributed by atoms with Crippen molar-refractivity contribution in [2.75, 3.05) is 27.3 Å². The van der Waals surface area contributed by atoms with E-state index in [-0.39, 0.29) is 56.5 Å². The lowest BCUT2D eigenvalue weighted by Gasteiger charge is -2.37. The Morgan fingerprint density at radius 2 is 0.796 bits per heavy atom. The number of nitrogens with one attached hydrogen (secondary N) is 10. The van der Waals surface area contributed by atoms with Gasteiger partial charge >= 0.3 is 72.9 Å². The van der Waals surface area contributed by atoms with E-state index in [0.717, 1.165) is 71.1 Å². The highest BCUT2D eigenvalue weighted by atomic mass is 35.5. The lowest BCUT2D eigenvalue weighted by atomic mass is 9.85. The lowest BCUT2D eigenvalue weighted by molar-refractivity contribution is -0.182. The van der Waals surface area contributed by atoms with Gasteiger partial charge in [-0.2, -0.15) is 69.5 Å². The van der Waals surface area contributed by atoms with Gasteiger partial charge in [-0.3, -0.25) is 43.2 Å². The second-order valence-corrected chi connectivity index (χ2v) is 44.5. The van der Waals surface area contributed by atoms with E-state index >= 15 is 0 Å². The van der Waals surface area contributed by atoms with Crippen LogP contribution in [0.15, 0.2) is 60.9 Å². The van der Waals surface area contributed by atoms with Gasteiger partial charge in [0, 0.05) is 36.0 Å². The molecule has 36 nitrogen and oxygen atoms in total. The van der Waals surface area contributed by atoms with Crippen molar-refractivity contribution in [3.63, 3.8) is 0 Å². The van der Waals surface area contributed by atoms with Gasteiger partial charge in [-0.05, 0) is 269 Å². The van der Waals surface area contributed by atoms with Gasteiger partial charge in [0.25, 0.3) is 11.8 Å². The van der Waals surface area contributed by atoms with Crippen LogP contribution >= 0.6 is 58.2 Å². The predicted octanol–water partition coefficient (Wildman–Crippen LogP) is 15.8. The fraction of sp³-hybridized carbons (Fsp3) is 0.667. The fourth-order valence-electron chi connectivity index (χ4n) is 13.8. The SMILES string of the molecule is CC(C)(NC(=O)Cl)C(F)(F)F.CC(C)(NC(=O)Cl)C(F)(F)F.CC(C)(NCl)C(F)(F)F.CC[C@@H]1C[C@]1(NC(=O)[C@@H]1C[C@@H](Oc2nccc3cc(OC)ccc23)CN1C(=O)[C@@H](NC(=O)NC(C)(C)C(F)(F)F)C(C)(C)C)C(=O)NS(=O)(=O)OC1(C)CC1.CC[C@@H]1C[C@]1(NC(=O)[C@@H]1C[C@@H](Oc2nccc3cc(OC)ccc23)CN1C(=O)[C@@H](NC(=O)OC(C)(C)C)C(C)(C)C)C(=O)NS(=O)(=O)OC1(C)CC1.O=C(Cl)Cl. The molecule has 0 unspecified atom stereocenters. The van der Waals surface area contributed by atoms with Gasteiger partial charge in [-0.25, -0.2) is 42.2 Å². The van der Waals surface area contributed by atoms with Crippen LogP contribution in [0.3, 0.4) is 0 Å². The first-order chi connectivity index (χ1) is 64.3. The van der Waals surface area contributed by atoms with Crippen LogP contribution in [0.25, 0.3) is 21.5 Å². The molecule has 2 aromatic carbocycles. The van der Waals surface area contributed by atoms with E-state index in [9.17, 15) is 117 Å². The van der Waals surface area contributed by atoms with Crippen LogP contribution in [0.2, 0.25) is 0 Å². The highest BCUT2D eigenvalue weighted by Gasteiger charge is 2.65. The summed E-state index contributed by atoms with van der Waals surface area (Å²) in [6.07, 6.45) is -14.2. The molecule has 11 amide bonds. The molecular weight excluding hydrogens is 2060 g/mol. The third-order valence-corrected chi connectivity index (χ3v) is 26.0. The molecule has 2 aromatic heterocycles. The first-order valence-electron chi connectivity index (χ1n) is 43.8. The Kier molecular flexibility index (Phi) is 40.2. The summed E-state index contributed by atoms with van der Waals surface area (Å²) in [7, 11) is -5.89. The zero-order chi connectivity index (χ0) is 109. The van der Waals surface area contributed by atoms with Gasteiger partial charge in [-0.15, -0.1) is 0 Å². The fourth-order valence-corrected chi connectivity index (χ4v) is 16.6. The van der Waals surface area contributed by atoms with Crippen LogP contribution in [-0.4, -0.2) is 238 Å². The van der Waals surface area contributed by atoms with Crippen molar-refractivity contribution in [1.29, 1.82) is 0 Å². The number of alkyl carbamates (subject to hydrolysis) is 1. The first-order valence-corrected chi connectivity index (χ1v) is 48.5. The summed E-state index contributed by atoms with van der Waals surface area (Å²) in [5.41, 5.74) is -16.9. The van der Waals surface area contributed by atoms with Gasteiger partial charge < -0.3 is 70.7 Å². The van der Waals surface area contributed by atoms with E-state index in [2.05, 4.69) is 54.4 Å². The van der Waals surface area contributed by atoms with E-state index < -0.39 is 211 Å². The number of fused-ring (bicyclic) bond motifs is 2. The summed E-state index contributed by atoms with van der Waals surface area (Å²) in [4.78, 5) is 153. The summed E-state index contributed by atoms with van der Waals surface area (Å²) >= 11 is 23.0. The number of pyridine rings is 2. The minimum absolute atomic E-state index is 0.0172. The Labute approximate surface area is 839 Å². The number of likely N-dealkylation sites (tertiary alicyclic amines) is 2. The average molecular weight is 2180 g/mol. The molecule has 10 N–H and O–H groups in total. The number of hydrogen-bond acceptors (Lipinski definition) is 25. The largest absolute Gasteiger partial charge is 0.497 e. The van der Waals surface area contributed by atoms with E-state index in [1.165, 1.54) is 18.2 Å². The predicted molar refractivity (Wildman–Crippen MR) is 499 cm³/mol. The van der Waals surface area contributed by atoms with Crippen molar-refractivity contribution in [2.24, 2.45) is 22.7 Å². The normalized spacial score (nSPS) is 21.3. The number of methoxy groups -OCH3 is 2. The maximum atomic E-state index is 14.5. The maximum Gasteiger partial charge on any atom is 0.411 e. The van der Waals surface area contributed by atoms with Crippen molar-refractivity contribution in [1.82, 2.24) is 71.3 Å². The molecule has 2 saturated heterocycles. The maximum absolute atomic E-state index is 14.5. The molecule has 2 aliphatic heterocycles. The van der Waals surface area contributed by atoms with Gasteiger partial charge in [-0.1, -0.05) is 68.2 Å². The molecule has 55 heteroatoms. The number of aromatic nitrogens is 2. The Morgan fingerprint density at radius 3 is 1.05 bits per heavy atom. The Bertz CT molecular complexity index is 5430. The minimum atomic E-state index is -4.81. The minimum Gasteiger partial charge on any atom is -0.497 e. The third-order valence-electron chi connectivity index (χ3n) is 23.3. The Morgan fingerprint density at radius 1 is 0.479 bits per heavy atom.